The molecule has 1 amide bonds. The maximum atomic E-state index is 11.9. The molecule has 0 saturated heterocycles. The molecule has 1 aliphatic carbocycles. The number of nitrogens with one attached hydrogen (secondary N) is 1. The molecule has 0 radical (unpaired) electrons. The van der Waals surface area contributed by atoms with Crippen LogP contribution < -0.4 is 5.32 Å². The molecular weight excluding hydrogens is 256 g/mol. The fraction of sp³-hybridized carbons (Fsp3) is 0.667. The van der Waals surface area contributed by atoms with E-state index in [1.807, 2.05) is 18.3 Å². The molecule has 1 aliphatic rings. The lowest BCUT2D eigenvalue weighted by Crippen LogP contribution is -2.42. The van der Waals surface area contributed by atoms with Crippen LogP contribution in [0.3, 0.4) is 0 Å². The van der Waals surface area contributed by atoms with Gasteiger partial charge in [-0.3, -0.25) is 10.1 Å². The number of carbonyl (C=O) groups is 1. The Balaban J connectivity index is 2.01. The lowest BCUT2D eigenvalue weighted by atomic mass is 9.99. The number of nitrogens with zero attached hydrogens (tertiary/aromatic N) is 1. The summed E-state index contributed by atoms with van der Waals surface area (Å²) in [7, 11) is 3.60. The Morgan fingerprint density at radius 1 is 1.32 bits per heavy atom. The molecule has 2 rings (SSSR count). The summed E-state index contributed by atoms with van der Waals surface area (Å²) in [6.45, 7) is 4.09. The predicted octanol–water partition coefficient (Wildman–Crippen LogP) is 2.75. The Hall–Kier alpha value is -0.870. The smallest absolute Gasteiger partial charge is 0.238 e. The van der Waals surface area contributed by atoms with Crippen LogP contribution in [-0.4, -0.2) is 30.9 Å². The van der Waals surface area contributed by atoms with Gasteiger partial charge in [0.2, 0.25) is 5.91 Å². The van der Waals surface area contributed by atoms with Gasteiger partial charge in [-0.1, -0.05) is 0 Å². The van der Waals surface area contributed by atoms with E-state index in [0.717, 1.165) is 0 Å². The molecule has 106 valence electrons. The zero-order valence-electron chi connectivity index (χ0n) is 12.3. The summed E-state index contributed by atoms with van der Waals surface area (Å²) in [5.74, 6) is 0.133. The van der Waals surface area contributed by atoms with E-state index >= 15 is 0 Å². The molecule has 2 unspecified atom stereocenters. The quantitative estimate of drug-likeness (QED) is 0.920. The topological polar surface area (TPSA) is 32.3 Å². The van der Waals surface area contributed by atoms with Crippen molar-refractivity contribution in [2.75, 3.05) is 14.1 Å². The van der Waals surface area contributed by atoms with Gasteiger partial charge < -0.3 is 4.90 Å². The summed E-state index contributed by atoms with van der Waals surface area (Å²) in [6, 6.07) is 2.45. The highest BCUT2D eigenvalue weighted by Gasteiger charge is 2.20. The van der Waals surface area contributed by atoms with E-state index in [1.165, 1.54) is 36.1 Å². The molecule has 2 atom stereocenters. The van der Waals surface area contributed by atoms with E-state index in [9.17, 15) is 4.79 Å². The van der Waals surface area contributed by atoms with Crippen molar-refractivity contribution in [1.82, 2.24) is 10.2 Å². The van der Waals surface area contributed by atoms with Gasteiger partial charge in [-0.05, 0) is 51.2 Å². The maximum absolute atomic E-state index is 11.9. The first-order valence-corrected chi connectivity index (χ1v) is 7.89. The third-order valence-corrected chi connectivity index (χ3v) is 5.17. The first-order chi connectivity index (χ1) is 8.99. The number of fused-ring (bicyclic) bond motifs is 1. The second kappa shape index (κ2) is 6.06. The van der Waals surface area contributed by atoms with Crippen molar-refractivity contribution >= 4 is 17.2 Å². The molecule has 0 spiro atoms. The number of hydrogen-bond acceptors (Lipinski definition) is 3. The Kier molecular flexibility index (Phi) is 4.63. The summed E-state index contributed by atoms with van der Waals surface area (Å²) in [5.41, 5.74) is 1.53. The van der Waals surface area contributed by atoms with E-state index in [0.29, 0.717) is 0 Å². The van der Waals surface area contributed by atoms with Crippen LogP contribution in [0.5, 0.6) is 0 Å². The zero-order valence-corrected chi connectivity index (χ0v) is 13.1. The van der Waals surface area contributed by atoms with E-state index in [-0.39, 0.29) is 18.0 Å². The van der Waals surface area contributed by atoms with E-state index in [4.69, 9.17) is 0 Å². The Bertz CT molecular complexity index is 429. The molecule has 0 aliphatic heterocycles. The standard InChI is InChI=1S/C15H24N2OS/c1-10(16-11(2)15(18)17(3)4)14-9-12-7-5-6-8-13(12)19-14/h9-11,16H,5-8H2,1-4H3. The van der Waals surface area contributed by atoms with E-state index in [2.05, 4.69) is 18.3 Å². The number of amides is 1. The minimum Gasteiger partial charge on any atom is -0.347 e. The summed E-state index contributed by atoms with van der Waals surface area (Å²) < 4.78 is 0. The van der Waals surface area contributed by atoms with Crippen LogP contribution in [-0.2, 0) is 17.6 Å². The Morgan fingerprint density at radius 3 is 2.63 bits per heavy atom. The lowest BCUT2D eigenvalue weighted by molar-refractivity contribution is -0.130. The fourth-order valence-corrected chi connectivity index (χ4v) is 3.91. The number of carbonyl (C=O) groups excluding carboxylic acids is 1. The molecule has 19 heavy (non-hydrogen) atoms. The van der Waals surface area contributed by atoms with Crippen molar-refractivity contribution in [3.05, 3.63) is 21.4 Å². The molecule has 1 N–H and O–H groups in total. The molecule has 4 heteroatoms. The SMILES string of the molecule is CC(NC(C)c1cc2c(s1)CCCC2)C(=O)N(C)C. The van der Waals surface area contributed by atoms with Gasteiger partial charge in [-0.15, -0.1) is 11.3 Å². The molecule has 3 nitrogen and oxygen atoms in total. The van der Waals surface area contributed by atoms with Gasteiger partial charge in [0.25, 0.3) is 0 Å². The minimum absolute atomic E-state index is 0.133. The zero-order chi connectivity index (χ0) is 14.0. The van der Waals surface area contributed by atoms with Crippen molar-refractivity contribution in [3.8, 4) is 0 Å². The Labute approximate surface area is 120 Å². The van der Waals surface area contributed by atoms with Gasteiger partial charge in [-0.25, -0.2) is 0 Å². The summed E-state index contributed by atoms with van der Waals surface area (Å²) >= 11 is 1.92. The fourth-order valence-electron chi connectivity index (χ4n) is 2.64. The highest BCUT2D eigenvalue weighted by Crippen LogP contribution is 2.32. The first-order valence-electron chi connectivity index (χ1n) is 7.07. The second-order valence-corrected chi connectivity index (χ2v) is 6.82. The summed E-state index contributed by atoms with van der Waals surface area (Å²) in [4.78, 5) is 16.4. The van der Waals surface area contributed by atoms with E-state index < -0.39 is 0 Å². The average Bonchev–Trinajstić information content (AvgIpc) is 2.81. The molecule has 0 bridgehead atoms. The molecule has 0 saturated carbocycles. The van der Waals surface area contributed by atoms with Crippen molar-refractivity contribution in [3.63, 3.8) is 0 Å². The molecule has 1 aromatic heterocycles. The monoisotopic (exact) mass is 280 g/mol. The van der Waals surface area contributed by atoms with Crippen LogP contribution >= 0.6 is 11.3 Å². The van der Waals surface area contributed by atoms with Crippen molar-refractivity contribution < 1.29 is 4.79 Å². The van der Waals surface area contributed by atoms with Gasteiger partial charge in [0.1, 0.15) is 0 Å². The molecule has 0 fully saturated rings. The van der Waals surface area contributed by atoms with Crippen LogP contribution in [0, 0.1) is 0 Å². The van der Waals surface area contributed by atoms with Gasteiger partial charge >= 0.3 is 0 Å². The first kappa shape index (κ1) is 14.5. The van der Waals surface area contributed by atoms with Gasteiger partial charge in [0.15, 0.2) is 0 Å². The highest BCUT2D eigenvalue weighted by molar-refractivity contribution is 7.12. The third kappa shape index (κ3) is 3.37. The molecule has 0 aromatic carbocycles. The van der Waals surface area contributed by atoms with Crippen LogP contribution in [0.15, 0.2) is 6.07 Å². The van der Waals surface area contributed by atoms with Crippen molar-refractivity contribution in [2.45, 2.75) is 51.6 Å². The van der Waals surface area contributed by atoms with Gasteiger partial charge in [0.05, 0.1) is 6.04 Å². The highest BCUT2D eigenvalue weighted by atomic mass is 32.1. The normalized spacial score (nSPS) is 17.7. The second-order valence-electron chi connectivity index (χ2n) is 5.65. The summed E-state index contributed by atoms with van der Waals surface area (Å²) in [5, 5.41) is 3.41. The maximum Gasteiger partial charge on any atom is 0.238 e. The Morgan fingerprint density at radius 2 is 2.00 bits per heavy atom. The molecular formula is C15H24N2OS. The third-order valence-electron chi connectivity index (χ3n) is 3.75. The van der Waals surface area contributed by atoms with Crippen molar-refractivity contribution in [1.29, 1.82) is 0 Å². The number of rotatable bonds is 4. The van der Waals surface area contributed by atoms with E-state index in [1.54, 1.807) is 23.9 Å². The number of hydrogen-bond donors (Lipinski definition) is 1. The largest absolute Gasteiger partial charge is 0.347 e. The lowest BCUT2D eigenvalue weighted by Gasteiger charge is -2.21. The van der Waals surface area contributed by atoms with Crippen LogP contribution in [0.1, 0.15) is 48.0 Å². The predicted molar refractivity (Wildman–Crippen MR) is 80.7 cm³/mol. The van der Waals surface area contributed by atoms with Gasteiger partial charge in [-0.2, -0.15) is 0 Å². The van der Waals surface area contributed by atoms with Crippen molar-refractivity contribution in [2.24, 2.45) is 0 Å². The summed E-state index contributed by atoms with van der Waals surface area (Å²) in [6.07, 6.45) is 5.11. The van der Waals surface area contributed by atoms with Crippen LogP contribution in [0.25, 0.3) is 0 Å². The number of likely N-dealkylation sites (N-methyl/N-ethyl adjacent to an activating group) is 1. The molecule has 1 heterocycles. The van der Waals surface area contributed by atoms with Crippen LogP contribution in [0.2, 0.25) is 0 Å². The average molecular weight is 280 g/mol. The number of aryl methyl sites for hydroxylation is 2. The number of thiophene rings is 1. The molecule has 1 aromatic rings. The van der Waals surface area contributed by atoms with Crippen LogP contribution in [0.4, 0.5) is 0 Å². The minimum atomic E-state index is -0.135. The van der Waals surface area contributed by atoms with Gasteiger partial charge in [0, 0.05) is 29.9 Å².